The van der Waals surface area contributed by atoms with Gasteiger partial charge in [-0.05, 0) is 131 Å². The Morgan fingerprint density at radius 1 is 0.758 bits per heavy atom. The zero-order chi connectivity index (χ0) is 45.7. The maximum atomic E-state index is 13.8. The summed E-state index contributed by atoms with van der Waals surface area (Å²) in [6.07, 6.45) is 13.9. The van der Waals surface area contributed by atoms with Crippen molar-refractivity contribution in [1.82, 2.24) is 0 Å². The Bertz CT molecular complexity index is 1490. The molecule has 5 rings (SSSR count). The van der Waals surface area contributed by atoms with Crippen LogP contribution in [-0.2, 0) is 28.5 Å². The molecule has 358 valence electrons. The summed E-state index contributed by atoms with van der Waals surface area (Å²) in [7, 11) is 0. The van der Waals surface area contributed by atoms with E-state index in [1.165, 1.54) is 12.0 Å². The third-order valence-electron chi connectivity index (χ3n) is 17.9. The van der Waals surface area contributed by atoms with E-state index in [0.717, 1.165) is 103 Å². The first-order chi connectivity index (χ1) is 29.2. The number of unbranched alkanes of at least 4 members (excludes halogenated alkanes) is 8. The molecule has 1 saturated heterocycles. The highest BCUT2D eigenvalue weighted by molar-refractivity contribution is 5.69. The van der Waals surface area contributed by atoms with Gasteiger partial charge in [-0.15, -0.1) is 0 Å². The highest BCUT2D eigenvalue weighted by Crippen LogP contribution is 2.76. The van der Waals surface area contributed by atoms with Crippen molar-refractivity contribution in [2.45, 2.75) is 253 Å². The molecule has 0 spiro atoms. The fourth-order valence-electron chi connectivity index (χ4n) is 14.2. The van der Waals surface area contributed by atoms with Crippen molar-refractivity contribution in [2.75, 3.05) is 6.61 Å². The summed E-state index contributed by atoms with van der Waals surface area (Å²) in [4.78, 5) is 26.4. The Morgan fingerprint density at radius 2 is 1.37 bits per heavy atom. The van der Waals surface area contributed by atoms with E-state index in [9.17, 15) is 30.0 Å². The first-order valence-corrected chi connectivity index (χ1v) is 25.2. The molecule has 0 amide bonds. The fraction of sp³-hybridized carbons (Fsp3) is 0.923. The number of hydrogen-bond donors (Lipinski definition) is 4. The number of allylic oxidation sites excluding steroid dienone is 2. The molecule has 0 aromatic carbocycles. The van der Waals surface area contributed by atoms with Crippen LogP contribution < -0.4 is 0 Å². The van der Waals surface area contributed by atoms with Gasteiger partial charge in [0.05, 0.1) is 11.7 Å². The standard InChI is InChI=1S/C52H90O10/c1-11-13-15-17-19-23-41(53)59-33-37-44(55)45(56)46(57)47(61-37)62-40-27-29-49(7)38(48(40,5)6)26-31-50(8)39(49)32-36(60-42(54)24-20-18-16-14-12-2)43-35(25-30-51(43,50)9)52(10,58)28-21-22-34(3)4/h22,35-40,43-47,55-58H,11-21,23-33H2,1-10H3. The van der Waals surface area contributed by atoms with Crippen LogP contribution >= 0.6 is 0 Å². The molecule has 15 unspecified atom stereocenters. The molecule has 10 nitrogen and oxygen atoms in total. The van der Waals surface area contributed by atoms with Crippen LogP contribution in [0.15, 0.2) is 11.6 Å². The predicted octanol–water partition coefficient (Wildman–Crippen LogP) is 10.1. The third-order valence-corrected chi connectivity index (χ3v) is 17.9. The molecule has 0 bridgehead atoms. The number of esters is 2. The van der Waals surface area contributed by atoms with E-state index in [1.54, 1.807) is 0 Å². The van der Waals surface area contributed by atoms with Gasteiger partial charge in [-0.3, -0.25) is 9.59 Å². The molecule has 15 atom stereocenters. The van der Waals surface area contributed by atoms with Crippen LogP contribution in [0.2, 0.25) is 0 Å². The van der Waals surface area contributed by atoms with Crippen molar-refractivity contribution < 1.29 is 49.0 Å². The van der Waals surface area contributed by atoms with Crippen LogP contribution in [0, 0.1) is 45.3 Å². The van der Waals surface area contributed by atoms with Gasteiger partial charge in [0.1, 0.15) is 37.1 Å². The zero-order valence-corrected chi connectivity index (χ0v) is 40.7. The molecule has 62 heavy (non-hydrogen) atoms. The Kier molecular flexibility index (Phi) is 17.7. The summed E-state index contributed by atoms with van der Waals surface area (Å²) in [5, 5.41) is 45.3. The Hall–Kier alpha value is -1.56. The molecule has 4 aliphatic carbocycles. The minimum absolute atomic E-state index is 0.0305. The van der Waals surface area contributed by atoms with Crippen molar-refractivity contribution >= 4 is 11.9 Å². The lowest BCUT2D eigenvalue weighted by molar-refractivity contribution is -0.332. The molecule has 4 saturated carbocycles. The van der Waals surface area contributed by atoms with Crippen LogP contribution in [0.3, 0.4) is 0 Å². The van der Waals surface area contributed by atoms with Gasteiger partial charge in [-0.1, -0.05) is 111 Å². The van der Waals surface area contributed by atoms with Gasteiger partial charge in [0.2, 0.25) is 0 Å². The molecule has 10 heteroatoms. The number of hydrogen-bond acceptors (Lipinski definition) is 10. The quantitative estimate of drug-likeness (QED) is 0.0380. The summed E-state index contributed by atoms with van der Waals surface area (Å²) < 4.78 is 25.1. The SMILES string of the molecule is CCCCCCCC(=O)OCC1OC(OC2CCC3(C)C(CCC4(C)C3CC(OC(=O)CCCCCCC)C3C(C(C)(O)CCC=C(C)C)CCC34C)C2(C)C)C(O)C(O)C1O. The normalized spacial score (nSPS) is 39.7. The second-order valence-corrected chi connectivity index (χ2v) is 22.6. The van der Waals surface area contributed by atoms with Gasteiger partial charge < -0.3 is 39.4 Å². The third kappa shape index (κ3) is 10.8. The van der Waals surface area contributed by atoms with Crippen LogP contribution in [0.25, 0.3) is 0 Å². The Balaban J connectivity index is 1.34. The molecule has 1 aliphatic heterocycles. The first kappa shape index (κ1) is 51.4. The lowest BCUT2D eigenvalue weighted by Gasteiger charge is -2.71. The van der Waals surface area contributed by atoms with Gasteiger partial charge in [0.25, 0.3) is 0 Å². The van der Waals surface area contributed by atoms with Crippen LogP contribution in [-0.4, -0.2) is 87.5 Å². The Labute approximate surface area is 376 Å². The maximum absolute atomic E-state index is 13.8. The molecule has 1 heterocycles. The summed E-state index contributed by atoms with van der Waals surface area (Å²) in [5.41, 5.74) is -0.257. The van der Waals surface area contributed by atoms with Gasteiger partial charge >= 0.3 is 11.9 Å². The van der Waals surface area contributed by atoms with Crippen molar-refractivity contribution in [1.29, 1.82) is 0 Å². The monoisotopic (exact) mass is 875 g/mol. The second-order valence-electron chi connectivity index (χ2n) is 22.6. The van der Waals surface area contributed by atoms with Gasteiger partial charge in [-0.25, -0.2) is 0 Å². The van der Waals surface area contributed by atoms with Crippen molar-refractivity contribution in [3.8, 4) is 0 Å². The molecule has 4 N–H and O–H groups in total. The summed E-state index contributed by atoms with van der Waals surface area (Å²) in [5.74, 6) is 0.140. The number of rotatable bonds is 21. The van der Waals surface area contributed by atoms with E-state index in [4.69, 9.17) is 18.9 Å². The zero-order valence-electron chi connectivity index (χ0n) is 40.7. The highest BCUT2D eigenvalue weighted by Gasteiger charge is 2.72. The van der Waals surface area contributed by atoms with E-state index in [-0.39, 0.29) is 82.5 Å². The lowest BCUT2D eigenvalue weighted by Crippen LogP contribution is -2.67. The minimum Gasteiger partial charge on any atom is -0.463 e. The number of aliphatic hydroxyl groups is 4. The van der Waals surface area contributed by atoms with Gasteiger partial charge in [0, 0.05) is 18.8 Å². The van der Waals surface area contributed by atoms with Crippen molar-refractivity contribution in [3.05, 3.63) is 11.6 Å². The van der Waals surface area contributed by atoms with Crippen molar-refractivity contribution in [2.24, 2.45) is 45.3 Å². The van der Waals surface area contributed by atoms with Crippen LogP contribution in [0.5, 0.6) is 0 Å². The van der Waals surface area contributed by atoms with E-state index in [0.29, 0.717) is 19.3 Å². The van der Waals surface area contributed by atoms with Gasteiger partial charge in [0.15, 0.2) is 6.29 Å². The lowest BCUT2D eigenvalue weighted by atomic mass is 9.35. The molecule has 0 radical (unpaired) electrons. The topological polar surface area (TPSA) is 152 Å². The molecule has 0 aromatic rings. The smallest absolute Gasteiger partial charge is 0.306 e. The second kappa shape index (κ2) is 21.4. The molecule has 0 aromatic heterocycles. The molecular formula is C52H90O10. The van der Waals surface area contributed by atoms with Crippen molar-refractivity contribution in [3.63, 3.8) is 0 Å². The molecule has 5 aliphatic rings. The maximum Gasteiger partial charge on any atom is 0.306 e. The molecule has 5 fully saturated rings. The summed E-state index contributed by atoms with van der Waals surface area (Å²) in [6, 6.07) is 0. The number of carbonyl (C=O) groups is 2. The number of aliphatic hydroxyl groups excluding tert-OH is 3. The van der Waals surface area contributed by atoms with Gasteiger partial charge in [-0.2, -0.15) is 0 Å². The predicted molar refractivity (Wildman–Crippen MR) is 243 cm³/mol. The average molecular weight is 875 g/mol. The van der Waals surface area contributed by atoms with E-state index in [2.05, 4.69) is 68.4 Å². The van der Waals surface area contributed by atoms with E-state index < -0.39 is 36.3 Å². The van der Waals surface area contributed by atoms with E-state index in [1.807, 2.05) is 6.92 Å². The van der Waals surface area contributed by atoms with Crippen LogP contribution in [0.1, 0.15) is 204 Å². The Morgan fingerprint density at radius 3 is 2.00 bits per heavy atom. The number of ether oxygens (including phenoxy) is 4. The number of fused-ring (bicyclic) bond motifs is 5. The largest absolute Gasteiger partial charge is 0.463 e. The van der Waals surface area contributed by atoms with Crippen LogP contribution in [0.4, 0.5) is 0 Å². The minimum atomic E-state index is -1.52. The summed E-state index contributed by atoms with van der Waals surface area (Å²) in [6.45, 7) is 22.3. The average Bonchev–Trinajstić information content (AvgIpc) is 3.59. The molecular weight excluding hydrogens is 785 g/mol. The first-order valence-electron chi connectivity index (χ1n) is 25.2. The highest BCUT2D eigenvalue weighted by atomic mass is 16.7. The summed E-state index contributed by atoms with van der Waals surface area (Å²) >= 11 is 0. The number of carbonyl (C=O) groups excluding carboxylic acids is 2. The van der Waals surface area contributed by atoms with E-state index >= 15 is 0 Å². The fourth-order valence-corrected chi connectivity index (χ4v) is 14.2.